The van der Waals surface area contributed by atoms with Crippen molar-refractivity contribution in [2.75, 3.05) is 11.1 Å². The van der Waals surface area contributed by atoms with Crippen LogP contribution in [0.2, 0.25) is 0 Å². The fourth-order valence-corrected chi connectivity index (χ4v) is 2.19. The molecule has 0 saturated heterocycles. The Morgan fingerprint density at radius 2 is 1.90 bits per heavy atom. The lowest BCUT2D eigenvalue weighted by molar-refractivity contribution is 0.585. The van der Waals surface area contributed by atoms with Gasteiger partial charge in [0.15, 0.2) is 5.82 Å². The van der Waals surface area contributed by atoms with Gasteiger partial charge < -0.3 is 11.1 Å². The number of aromatic nitrogens is 1. The predicted molar refractivity (Wildman–Crippen MR) is 80.5 cm³/mol. The Hall–Kier alpha value is -2.69. The SMILES string of the molecule is Cc1ccc(F)c(Nc2ccc3ncccc3c2N)c1F. The molecule has 0 aliphatic rings. The summed E-state index contributed by atoms with van der Waals surface area (Å²) in [5.41, 5.74) is 7.79. The quantitative estimate of drug-likeness (QED) is 0.695. The fraction of sp³-hybridized carbons (Fsp3) is 0.0625. The van der Waals surface area contributed by atoms with Crippen molar-refractivity contribution >= 4 is 28.0 Å². The zero-order valence-electron chi connectivity index (χ0n) is 11.3. The highest BCUT2D eigenvalue weighted by Gasteiger charge is 2.13. The lowest BCUT2D eigenvalue weighted by atomic mass is 10.1. The molecule has 2 aromatic carbocycles. The molecule has 0 atom stereocenters. The molecule has 1 heterocycles. The van der Waals surface area contributed by atoms with E-state index in [0.29, 0.717) is 16.9 Å². The third-order valence-electron chi connectivity index (χ3n) is 3.37. The van der Waals surface area contributed by atoms with Gasteiger partial charge in [0.1, 0.15) is 11.5 Å². The van der Waals surface area contributed by atoms with Gasteiger partial charge in [-0.1, -0.05) is 6.07 Å². The van der Waals surface area contributed by atoms with E-state index in [4.69, 9.17) is 5.73 Å². The number of nitrogens with two attached hydrogens (primary N) is 1. The average molecular weight is 285 g/mol. The molecule has 0 bridgehead atoms. The van der Waals surface area contributed by atoms with E-state index in [9.17, 15) is 8.78 Å². The minimum atomic E-state index is -0.663. The summed E-state index contributed by atoms with van der Waals surface area (Å²) in [6, 6.07) is 9.59. The van der Waals surface area contributed by atoms with Crippen molar-refractivity contribution in [3.63, 3.8) is 0 Å². The van der Waals surface area contributed by atoms with E-state index < -0.39 is 11.6 Å². The number of nitrogen functional groups attached to an aromatic ring is 1. The molecule has 5 heteroatoms. The van der Waals surface area contributed by atoms with Crippen LogP contribution in [0.1, 0.15) is 5.56 Å². The highest BCUT2D eigenvalue weighted by atomic mass is 19.1. The minimum Gasteiger partial charge on any atom is -0.396 e. The number of aryl methyl sites for hydroxylation is 1. The monoisotopic (exact) mass is 285 g/mol. The van der Waals surface area contributed by atoms with Crippen LogP contribution in [0.15, 0.2) is 42.6 Å². The van der Waals surface area contributed by atoms with Gasteiger partial charge in [-0.2, -0.15) is 0 Å². The van der Waals surface area contributed by atoms with Gasteiger partial charge >= 0.3 is 0 Å². The van der Waals surface area contributed by atoms with Crippen molar-refractivity contribution in [3.05, 3.63) is 59.8 Å². The van der Waals surface area contributed by atoms with E-state index in [1.807, 2.05) is 6.07 Å². The lowest BCUT2D eigenvalue weighted by Crippen LogP contribution is -2.02. The molecule has 3 nitrogen and oxygen atoms in total. The number of anilines is 3. The van der Waals surface area contributed by atoms with E-state index in [1.54, 1.807) is 31.3 Å². The van der Waals surface area contributed by atoms with Gasteiger partial charge in [0.25, 0.3) is 0 Å². The molecular weight excluding hydrogens is 272 g/mol. The fourth-order valence-electron chi connectivity index (χ4n) is 2.19. The Labute approximate surface area is 120 Å². The van der Waals surface area contributed by atoms with Crippen molar-refractivity contribution in [2.45, 2.75) is 6.92 Å². The average Bonchev–Trinajstić information content (AvgIpc) is 2.50. The van der Waals surface area contributed by atoms with Crippen LogP contribution in [0.4, 0.5) is 25.8 Å². The van der Waals surface area contributed by atoms with E-state index in [-0.39, 0.29) is 5.69 Å². The summed E-state index contributed by atoms with van der Waals surface area (Å²) in [5, 5.41) is 3.47. The number of nitrogens with one attached hydrogen (secondary N) is 1. The second-order valence-corrected chi connectivity index (χ2v) is 4.78. The first-order chi connectivity index (χ1) is 10.1. The lowest BCUT2D eigenvalue weighted by Gasteiger charge is -2.13. The first kappa shape index (κ1) is 13.3. The molecule has 3 rings (SSSR count). The topological polar surface area (TPSA) is 50.9 Å². The Bertz CT molecular complexity index is 831. The van der Waals surface area contributed by atoms with Crippen LogP contribution in [0.5, 0.6) is 0 Å². The summed E-state index contributed by atoms with van der Waals surface area (Å²) in [4.78, 5) is 4.18. The van der Waals surface area contributed by atoms with Crippen LogP contribution in [0.25, 0.3) is 10.9 Å². The molecule has 106 valence electrons. The highest BCUT2D eigenvalue weighted by Crippen LogP contribution is 2.32. The van der Waals surface area contributed by atoms with Gasteiger partial charge in [0.2, 0.25) is 0 Å². The number of hydrogen-bond acceptors (Lipinski definition) is 3. The van der Waals surface area contributed by atoms with Gasteiger partial charge in [-0.25, -0.2) is 8.78 Å². The Kier molecular flexibility index (Phi) is 3.17. The van der Waals surface area contributed by atoms with Crippen LogP contribution in [-0.2, 0) is 0 Å². The van der Waals surface area contributed by atoms with Crippen LogP contribution in [-0.4, -0.2) is 4.98 Å². The second-order valence-electron chi connectivity index (χ2n) is 4.78. The van der Waals surface area contributed by atoms with E-state index >= 15 is 0 Å². The maximum Gasteiger partial charge on any atom is 0.152 e. The molecule has 0 amide bonds. The number of fused-ring (bicyclic) bond motifs is 1. The number of hydrogen-bond donors (Lipinski definition) is 2. The number of rotatable bonds is 2. The number of pyridine rings is 1. The zero-order valence-corrected chi connectivity index (χ0v) is 11.3. The molecule has 1 aromatic heterocycles. The van der Waals surface area contributed by atoms with E-state index in [0.717, 1.165) is 10.9 Å². The van der Waals surface area contributed by atoms with Crippen molar-refractivity contribution < 1.29 is 8.78 Å². The summed E-state index contributed by atoms with van der Waals surface area (Å²) in [5.74, 6) is -1.29. The molecular formula is C16H13F2N3. The predicted octanol–water partition coefficient (Wildman–Crippen LogP) is 4.15. The molecule has 0 aliphatic carbocycles. The molecule has 21 heavy (non-hydrogen) atoms. The Balaban J connectivity index is 2.11. The molecule has 0 saturated carbocycles. The van der Waals surface area contributed by atoms with Crippen LogP contribution in [0, 0.1) is 18.6 Å². The summed E-state index contributed by atoms with van der Waals surface area (Å²) in [7, 11) is 0. The van der Waals surface area contributed by atoms with Crippen LogP contribution >= 0.6 is 0 Å². The third kappa shape index (κ3) is 2.27. The summed E-state index contributed by atoms with van der Waals surface area (Å²) >= 11 is 0. The standard InChI is InChI=1S/C16H13F2N3/c1-9-4-5-11(17)16(14(9)18)21-13-7-6-12-10(15(13)19)3-2-8-20-12/h2-8,21H,19H2,1H3. The maximum absolute atomic E-state index is 14.0. The zero-order chi connectivity index (χ0) is 15.0. The summed E-state index contributed by atoms with van der Waals surface area (Å²) in [6.45, 7) is 1.58. The van der Waals surface area contributed by atoms with Crippen molar-refractivity contribution in [1.29, 1.82) is 0 Å². The first-order valence-corrected chi connectivity index (χ1v) is 6.43. The third-order valence-corrected chi connectivity index (χ3v) is 3.37. The van der Waals surface area contributed by atoms with Gasteiger partial charge in [-0.05, 0) is 42.8 Å². The second kappa shape index (κ2) is 5.01. The first-order valence-electron chi connectivity index (χ1n) is 6.43. The molecule has 0 aliphatic heterocycles. The minimum absolute atomic E-state index is 0.204. The van der Waals surface area contributed by atoms with E-state index in [1.165, 1.54) is 12.1 Å². The number of halogens is 2. The molecule has 0 spiro atoms. The maximum atomic E-state index is 14.0. The smallest absolute Gasteiger partial charge is 0.152 e. The number of benzene rings is 2. The molecule has 3 aromatic rings. The number of nitrogens with zero attached hydrogens (tertiary/aromatic N) is 1. The highest BCUT2D eigenvalue weighted by molar-refractivity contribution is 5.97. The van der Waals surface area contributed by atoms with E-state index in [2.05, 4.69) is 10.3 Å². The largest absolute Gasteiger partial charge is 0.396 e. The molecule has 3 N–H and O–H groups in total. The molecule has 0 unspecified atom stereocenters. The van der Waals surface area contributed by atoms with Crippen LogP contribution < -0.4 is 11.1 Å². The van der Waals surface area contributed by atoms with Gasteiger partial charge in [-0.3, -0.25) is 4.98 Å². The van der Waals surface area contributed by atoms with Gasteiger partial charge in [0, 0.05) is 11.6 Å². The normalized spacial score (nSPS) is 10.8. The Morgan fingerprint density at radius 1 is 1.10 bits per heavy atom. The molecule has 0 radical (unpaired) electrons. The molecule has 0 fully saturated rings. The van der Waals surface area contributed by atoms with Crippen molar-refractivity contribution in [2.24, 2.45) is 0 Å². The summed E-state index contributed by atoms with van der Waals surface area (Å²) < 4.78 is 27.8. The van der Waals surface area contributed by atoms with Crippen molar-refractivity contribution in [3.8, 4) is 0 Å². The van der Waals surface area contributed by atoms with Crippen molar-refractivity contribution in [1.82, 2.24) is 4.98 Å². The summed E-state index contributed by atoms with van der Waals surface area (Å²) in [6.07, 6.45) is 1.66. The van der Waals surface area contributed by atoms with Gasteiger partial charge in [-0.15, -0.1) is 0 Å². The Morgan fingerprint density at radius 3 is 2.71 bits per heavy atom. The van der Waals surface area contributed by atoms with Crippen LogP contribution in [0.3, 0.4) is 0 Å². The van der Waals surface area contributed by atoms with Gasteiger partial charge in [0.05, 0.1) is 16.9 Å².